The van der Waals surface area contributed by atoms with Gasteiger partial charge in [-0.1, -0.05) is 110 Å². The number of nitrogens with one attached hydrogen (secondary N) is 2. The number of carbonyl (C=O) groups is 2. The maximum Gasteiger partial charge on any atom is 0.243 e. The van der Waals surface area contributed by atoms with Crippen LogP contribution in [0.1, 0.15) is 78.7 Å². The maximum atomic E-state index is 12.6. The van der Waals surface area contributed by atoms with Crippen LogP contribution in [0, 0.1) is 0 Å². The molecule has 2 amide bonds. The van der Waals surface area contributed by atoms with Crippen molar-refractivity contribution >= 4 is 11.8 Å². The molecule has 2 saturated heterocycles. The molecule has 2 aliphatic heterocycles. The Morgan fingerprint density at radius 3 is 2.08 bits per heavy atom. The molecule has 0 spiro atoms. The molecule has 3 unspecified atom stereocenters. The minimum absolute atomic E-state index is 0.00725. The minimum atomic E-state index is -0.530. The standard InChI is InChI=1S/C43H52N4O6/c48-31-33-15-17-35(18-16-33)40-27-38(30-47-25-23-46(24-26-47)29-32-9-3-1-4-10-32)52-43(53-40)36-21-19-34(20-22-36)39-12-8-7-11-37(39)28-44-41(49)13-5-2-6-14-42(50)45-51/h1,3-4,7-12,15-22,38,40,43,48,51H,2,5-6,13-14,23-31H2,(H,44,49)(H,45,50). The molecule has 2 heterocycles. The van der Waals surface area contributed by atoms with Gasteiger partial charge in [0.25, 0.3) is 0 Å². The monoisotopic (exact) mass is 720 g/mol. The van der Waals surface area contributed by atoms with Crippen molar-refractivity contribution in [1.82, 2.24) is 20.6 Å². The Labute approximate surface area is 312 Å². The summed E-state index contributed by atoms with van der Waals surface area (Å²) in [6.07, 6.45) is 2.74. The Morgan fingerprint density at radius 1 is 0.698 bits per heavy atom. The number of ether oxygens (including phenoxy) is 2. The second-order valence-electron chi connectivity index (χ2n) is 14.1. The quantitative estimate of drug-likeness (QED) is 0.0606. The first kappa shape index (κ1) is 38.3. The van der Waals surface area contributed by atoms with Crippen LogP contribution < -0.4 is 10.8 Å². The fourth-order valence-corrected chi connectivity index (χ4v) is 7.15. The number of amides is 2. The van der Waals surface area contributed by atoms with E-state index in [2.05, 4.69) is 87.9 Å². The van der Waals surface area contributed by atoms with Crippen molar-refractivity contribution in [3.05, 3.63) is 131 Å². The average molecular weight is 721 g/mol. The number of carbonyl (C=O) groups excluding carboxylic acids is 2. The third kappa shape index (κ3) is 11.3. The van der Waals surface area contributed by atoms with Crippen LogP contribution in [0.3, 0.4) is 0 Å². The van der Waals surface area contributed by atoms with Gasteiger partial charge >= 0.3 is 0 Å². The van der Waals surface area contributed by atoms with Gasteiger partial charge in [0.2, 0.25) is 11.8 Å². The van der Waals surface area contributed by atoms with Gasteiger partial charge in [-0.05, 0) is 46.2 Å². The van der Waals surface area contributed by atoms with Crippen LogP contribution in [0.4, 0.5) is 0 Å². The summed E-state index contributed by atoms with van der Waals surface area (Å²) in [6.45, 7) is 6.26. The third-order valence-corrected chi connectivity index (χ3v) is 10.2. The van der Waals surface area contributed by atoms with E-state index in [0.717, 1.165) is 85.5 Å². The summed E-state index contributed by atoms with van der Waals surface area (Å²) < 4.78 is 13.3. The molecule has 0 bridgehead atoms. The number of hydroxylamine groups is 1. The zero-order valence-electron chi connectivity index (χ0n) is 30.4. The van der Waals surface area contributed by atoms with Crippen molar-refractivity contribution in [2.24, 2.45) is 0 Å². The van der Waals surface area contributed by atoms with Crippen molar-refractivity contribution < 1.29 is 29.4 Å². The van der Waals surface area contributed by atoms with Crippen molar-refractivity contribution in [3.8, 4) is 11.1 Å². The number of hydrogen-bond acceptors (Lipinski definition) is 8. The van der Waals surface area contributed by atoms with Crippen LogP contribution in [-0.4, -0.2) is 70.8 Å². The summed E-state index contributed by atoms with van der Waals surface area (Å²) in [5, 5.41) is 21.3. The lowest BCUT2D eigenvalue weighted by atomic mass is 9.97. The molecule has 6 rings (SSSR count). The lowest BCUT2D eigenvalue weighted by Gasteiger charge is -2.40. The number of aliphatic hydroxyl groups excluding tert-OH is 1. The molecule has 0 radical (unpaired) electrons. The summed E-state index contributed by atoms with van der Waals surface area (Å²) in [5.41, 5.74) is 8.99. The molecule has 4 N–H and O–H groups in total. The summed E-state index contributed by atoms with van der Waals surface area (Å²) >= 11 is 0. The Balaban J connectivity index is 1.08. The first-order valence-corrected chi connectivity index (χ1v) is 18.8. The van der Waals surface area contributed by atoms with Gasteiger partial charge in [0, 0.05) is 70.6 Å². The predicted octanol–water partition coefficient (Wildman–Crippen LogP) is 6.28. The minimum Gasteiger partial charge on any atom is -0.392 e. The molecule has 4 aromatic rings. The first-order valence-electron chi connectivity index (χ1n) is 18.8. The first-order chi connectivity index (χ1) is 26.0. The van der Waals surface area contributed by atoms with Gasteiger partial charge < -0.3 is 19.9 Å². The van der Waals surface area contributed by atoms with Gasteiger partial charge in [-0.25, -0.2) is 5.48 Å². The van der Waals surface area contributed by atoms with Crippen LogP contribution in [0.25, 0.3) is 11.1 Å². The summed E-state index contributed by atoms with van der Waals surface area (Å²) in [5.74, 6) is -0.436. The molecule has 10 heteroatoms. The fourth-order valence-electron chi connectivity index (χ4n) is 7.15. The second-order valence-corrected chi connectivity index (χ2v) is 14.1. The van der Waals surface area contributed by atoms with E-state index in [4.69, 9.17) is 14.7 Å². The second kappa shape index (κ2) is 19.6. The summed E-state index contributed by atoms with van der Waals surface area (Å²) in [7, 11) is 0. The molecule has 280 valence electrons. The van der Waals surface area contributed by atoms with Crippen molar-refractivity contribution in [2.45, 2.75) is 76.7 Å². The van der Waals surface area contributed by atoms with E-state index in [1.54, 1.807) is 5.48 Å². The predicted molar refractivity (Wildman–Crippen MR) is 203 cm³/mol. The molecule has 2 fully saturated rings. The fraction of sp³-hybridized carbons (Fsp3) is 0.395. The number of benzene rings is 4. The highest BCUT2D eigenvalue weighted by molar-refractivity contribution is 5.76. The largest absolute Gasteiger partial charge is 0.392 e. The highest BCUT2D eigenvalue weighted by atomic mass is 16.7. The van der Waals surface area contributed by atoms with Crippen LogP contribution in [0.2, 0.25) is 0 Å². The SMILES string of the molecule is O=C(CCCCCC(=O)NCc1ccccc1-c1ccc(C2OC(CN3CCN(Cc4ccccc4)CC3)CC(c3ccc(CO)cc3)O2)cc1)NO. The third-order valence-electron chi connectivity index (χ3n) is 10.2. The van der Waals surface area contributed by atoms with Gasteiger partial charge in [0.1, 0.15) is 0 Å². The van der Waals surface area contributed by atoms with Crippen molar-refractivity contribution in [1.29, 1.82) is 0 Å². The lowest BCUT2D eigenvalue weighted by molar-refractivity contribution is -0.253. The Morgan fingerprint density at radius 2 is 1.36 bits per heavy atom. The Bertz CT molecular complexity index is 1730. The van der Waals surface area contributed by atoms with Crippen molar-refractivity contribution in [3.63, 3.8) is 0 Å². The molecule has 3 atom stereocenters. The molecule has 10 nitrogen and oxygen atoms in total. The van der Waals surface area contributed by atoms with Crippen LogP contribution >= 0.6 is 0 Å². The van der Waals surface area contributed by atoms with Gasteiger partial charge in [0.15, 0.2) is 6.29 Å². The molecule has 0 aliphatic carbocycles. The maximum absolute atomic E-state index is 12.6. The molecular formula is C43H52N4O6. The zero-order valence-corrected chi connectivity index (χ0v) is 30.4. The van der Waals surface area contributed by atoms with Crippen LogP contribution in [0.5, 0.6) is 0 Å². The van der Waals surface area contributed by atoms with E-state index in [1.165, 1.54) is 5.56 Å². The average Bonchev–Trinajstić information content (AvgIpc) is 3.21. The number of piperazine rings is 1. The van der Waals surface area contributed by atoms with Gasteiger partial charge in [-0.2, -0.15) is 0 Å². The van der Waals surface area contributed by atoms with Gasteiger partial charge in [0.05, 0.1) is 18.8 Å². The Hall–Kier alpha value is -4.42. The molecule has 0 saturated carbocycles. The van der Waals surface area contributed by atoms with Crippen molar-refractivity contribution in [2.75, 3.05) is 32.7 Å². The number of unbranched alkanes of at least 4 members (excludes halogenated alkanes) is 2. The number of aliphatic hydroxyl groups is 1. The highest BCUT2D eigenvalue weighted by Crippen LogP contribution is 2.39. The van der Waals surface area contributed by atoms with E-state index in [0.29, 0.717) is 25.8 Å². The smallest absolute Gasteiger partial charge is 0.243 e. The molecule has 53 heavy (non-hydrogen) atoms. The molecule has 4 aromatic carbocycles. The number of hydrogen-bond donors (Lipinski definition) is 4. The number of nitrogens with zero attached hydrogens (tertiary/aromatic N) is 2. The lowest BCUT2D eigenvalue weighted by Crippen LogP contribution is -2.49. The Kier molecular flexibility index (Phi) is 14.2. The molecule has 2 aliphatic rings. The normalized spacial score (nSPS) is 19.5. The van der Waals surface area contributed by atoms with E-state index in [9.17, 15) is 14.7 Å². The van der Waals surface area contributed by atoms with E-state index in [1.807, 2.05) is 30.3 Å². The van der Waals surface area contributed by atoms with Crippen LogP contribution in [-0.2, 0) is 38.8 Å². The van der Waals surface area contributed by atoms with Gasteiger partial charge in [-0.3, -0.25) is 24.6 Å². The summed E-state index contributed by atoms with van der Waals surface area (Å²) in [6, 6.07) is 35.1. The topological polar surface area (TPSA) is 124 Å². The zero-order chi connectivity index (χ0) is 36.8. The highest BCUT2D eigenvalue weighted by Gasteiger charge is 2.34. The summed E-state index contributed by atoms with van der Waals surface area (Å²) in [4.78, 5) is 28.8. The van der Waals surface area contributed by atoms with E-state index < -0.39 is 12.2 Å². The van der Waals surface area contributed by atoms with E-state index in [-0.39, 0.29) is 31.1 Å². The van der Waals surface area contributed by atoms with Gasteiger partial charge in [-0.15, -0.1) is 0 Å². The molecule has 0 aromatic heterocycles. The molecular weight excluding hydrogens is 668 g/mol. The van der Waals surface area contributed by atoms with Crippen LogP contribution in [0.15, 0.2) is 103 Å². The number of rotatable bonds is 16. The van der Waals surface area contributed by atoms with E-state index >= 15 is 0 Å².